The van der Waals surface area contributed by atoms with Crippen molar-refractivity contribution in [1.82, 2.24) is 9.62 Å². The van der Waals surface area contributed by atoms with Crippen molar-refractivity contribution >= 4 is 21.4 Å². The third kappa shape index (κ3) is 5.49. The minimum atomic E-state index is -3.02. The zero-order chi connectivity index (χ0) is 35.9. The van der Waals surface area contributed by atoms with E-state index in [1.807, 2.05) is 12.1 Å². The van der Waals surface area contributed by atoms with Gasteiger partial charge < -0.3 is 5.32 Å². The summed E-state index contributed by atoms with van der Waals surface area (Å²) >= 11 is 0. The summed E-state index contributed by atoms with van der Waals surface area (Å²) in [5.41, 5.74) is 6.26. The quantitative estimate of drug-likeness (QED) is 0.158. The first kappa shape index (κ1) is 36.6. The molecule has 1 saturated heterocycles. The zero-order valence-electron chi connectivity index (χ0n) is 32.4. The van der Waals surface area contributed by atoms with E-state index in [-0.39, 0.29) is 16.6 Å². The van der Waals surface area contributed by atoms with Gasteiger partial charge in [0, 0.05) is 25.2 Å². The van der Waals surface area contributed by atoms with E-state index in [1.54, 1.807) is 11.2 Å². The van der Waals surface area contributed by atoms with Gasteiger partial charge in [-0.2, -0.15) is 0 Å². The summed E-state index contributed by atoms with van der Waals surface area (Å²) in [7, 11) is -3.02. The molecule has 0 radical (unpaired) electrons. The second-order valence-corrected chi connectivity index (χ2v) is 21.4. The smallest absolute Gasteiger partial charge is 0.214 e. The number of sulfonamides is 1. The van der Waals surface area contributed by atoms with Crippen molar-refractivity contribution < 1.29 is 13.2 Å². The molecule has 5 aliphatic carbocycles. The summed E-state index contributed by atoms with van der Waals surface area (Å²) in [4.78, 5) is 12.0. The fourth-order valence-electron chi connectivity index (χ4n) is 14.2. The van der Waals surface area contributed by atoms with Gasteiger partial charge in [0.05, 0.1) is 5.75 Å². The minimum absolute atomic E-state index is 0.0761. The van der Waals surface area contributed by atoms with Crippen LogP contribution >= 0.6 is 0 Å². The van der Waals surface area contributed by atoms with E-state index >= 15 is 0 Å². The molecule has 1 heterocycles. The largest absolute Gasteiger partial charge is 0.316 e. The molecule has 6 heteroatoms. The van der Waals surface area contributed by atoms with Gasteiger partial charge in [0.15, 0.2) is 5.78 Å². The molecule has 5 fully saturated rings. The fraction of sp³-hybridized carbons (Fsp3) is 0.750. The molecule has 0 bridgehead atoms. The van der Waals surface area contributed by atoms with Gasteiger partial charge in [0.1, 0.15) is 0 Å². The highest BCUT2D eigenvalue weighted by Crippen LogP contribution is 2.77. The maximum atomic E-state index is 12.3. The Morgan fingerprint density at radius 2 is 1.66 bits per heavy atom. The molecule has 5 nitrogen and oxygen atoms in total. The van der Waals surface area contributed by atoms with Crippen LogP contribution in [0, 0.1) is 56.7 Å². The molecule has 6 aliphatic rings. The highest BCUT2D eigenvalue weighted by atomic mass is 32.2. The predicted octanol–water partition coefficient (Wildman–Crippen LogP) is 9.56. The Morgan fingerprint density at radius 1 is 0.920 bits per heavy atom. The van der Waals surface area contributed by atoms with Crippen LogP contribution in [0.1, 0.15) is 135 Å². The van der Waals surface area contributed by atoms with Crippen molar-refractivity contribution in [1.29, 1.82) is 0 Å². The Labute approximate surface area is 304 Å². The van der Waals surface area contributed by atoms with Crippen LogP contribution in [0.25, 0.3) is 5.57 Å². The first-order valence-corrected chi connectivity index (χ1v) is 21.8. The van der Waals surface area contributed by atoms with Crippen molar-refractivity contribution in [3.05, 3.63) is 53.6 Å². The van der Waals surface area contributed by atoms with Gasteiger partial charge in [-0.15, -0.1) is 0 Å². The molecule has 9 atom stereocenters. The van der Waals surface area contributed by atoms with E-state index in [9.17, 15) is 13.2 Å². The van der Waals surface area contributed by atoms with Gasteiger partial charge in [-0.1, -0.05) is 77.1 Å². The van der Waals surface area contributed by atoms with E-state index in [0.29, 0.717) is 58.8 Å². The Balaban J connectivity index is 1.12. The van der Waals surface area contributed by atoms with Gasteiger partial charge >= 0.3 is 0 Å². The molecule has 1 aromatic carbocycles. The summed E-state index contributed by atoms with van der Waals surface area (Å²) in [6.45, 7) is 25.0. The minimum Gasteiger partial charge on any atom is -0.316 e. The lowest BCUT2D eigenvalue weighted by molar-refractivity contribution is -0.225. The number of nitrogens with zero attached hydrogens (tertiary/aromatic N) is 1. The number of ketones is 1. The summed E-state index contributed by atoms with van der Waals surface area (Å²) in [6.07, 6.45) is 15.9. The number of rotatable bonds is 9. The molecule has 276 valence electrons. The third-order valence-corrected chi connectivity index (χ3v) is 18.8. The second kappa shape index (κ2) is 12.7. The maximum absolute atomic E-state index is 12.3. The van der Waals surface area contributed by atoms with Crippen LogP contribution in [-0.2, 0) is 10.0 Å². The van der Waals surface area contributed by atoms with Crippen LogP contribution in [0.5, 0.6) is 0 Å². The number of Topliss-reactive ketones (excluding diaryl/α,β-unsaturated/α-hetero) is 1. The van der Waals surface area contributed by atoms with Crippen molar-refractivity contribution in [3.63, 3.8) is 0 Å². The highest BCUT2D eigenvalue weighted by molar-refractivity contribution is 7.89. The number of carbonyl (C=O) groups excluding carboxylic acids is 1. The number of nitrogens with one attached hydrogen (secondary N) is 1. The normalized spacial score (nSPS) is 41.7. The summed E-state index contributed by atoms with van der Waals surface area (Å²) in [5.74, 6) is 3.81. The van der Waals surface area contributed by atoms with E-state index < -0.39 is 10.0 Å². The number of carbonyl (C=O) groups is 1. The molecule has 1 aliphatic heterocycles. The van der Waals surface area contributed by atoms with Crippen LogP contribution in [0.4, 0.5) is 0 Å². The number of allylic oxidation sites excluding steroid dienone is 3. The Bertz CT molecular complexity index is 1640. The standard InChI is InChI=1S/C44H66N2O3S/c1-30(2)34-17-22-44(29-45-25-9-26-46-27-10-28-50(46,48)49)24-23-42(7)36(39(34)44)15-16-38-41(6)20-18-35(33-13-11-32(12-14-33)31(3)47)40(4,5)37(41)19-21-43(38,42)8/h11-14,18,34,36-39,45H,1,9-10,15-17,19-29H2,2-8H3/t34-,36+,37-,38+,39+,41-,42+,43+,44+/m0/s1. The van der Waals surface area contributed by atoms with E-state index in [1.165, 1.54) is 68.1 Å². The average molecular weight is 703 g/mol. The molecule has 0 spiro atoms. The number of hydrogen-bond acceptors (Lipinski definition) is 4. The first-order chi connectivity index (χ1) is 23.5. The predicted molar refractivity (Wildman–Crippen MR) is 206 cm³/mol. The third-order valence-electron chi connectivity index (χ3n) is 16.9. The van der Waals surface area contributed by atoms with E-state index in [2.05, 4.69) is 71.6 Å². The molecule has 50 heavy (non-hydrogen) atoms. The van der Waals surface area contributed by atoms with E-state index in [4.69, 9.17) is 0 Å². The van der Waals surface area contributed by atoms with Crippen LogP contribution in [0.15, 0.2) is 42.5 Å². The molecule has 7 rings (SSSR count). The van der Waals surface area contributed by atoms with Gasteiger partial charge in [-0.3, -0.25) is 4.79 Å². The molecular weight excluding hydrogens is 637 g/mol. The Hall–Kier alpha value is -1.76. The lowest BCUT2D eigenvalue weighted by Gasteiger charge is -2.72. The molecule has 4 saturated carbocycles. The summed E-state index contributed by atoms with van der Waals surface area (Å²) < 4.78 is 26.4. The van der Waals surface area contributed by atoms with Gasteiger partial charge in [-0.25, -0.2) is 12.7 Å². The lowest BCUT2D eigenvalue weighted by Crippen LogP contribution is -2.65. The van der Waals surface area contributed by atoms with Crippen molar-refractivity contribution in [2.24, 2.45) is 56.7 Å². The fourth-order valence-corrected chi connectivity index (χ4v) is 15.8. The van der Waals surface area contributed by atoms with Crippen LogP contribution in [0.3, 0.4) is 0 Å². The first-order valence-electron chi connectivity index (χ1n) is 20.2. The van der Waals surface area contributed by atoms with Gasteiger partial charge in [-0.05, 0) is 159 Å². The summed E-state index contributed by atoms with van der Waals surface area (Å²) in [6, 6.07) is 8.41. The second-order valence-electron chi connectivity index (χ2n) is 19.3. The molecule has 0 amide bonds. The number of fused-ring (bicyclic) bond motifs is 7. The van der Waals surface area contributed by atoms with Gasteiger partial charge in [0.2, 0.25) is 10.0 Å². The average Bonchev–Trinajstić information content (AvgIpc) is 3.60. The van der Waals surface area contributed by atoms with Crippen LogP contribution in [0.2, 0.25) is 0 Å². The molecule has 0 aromatic heterocycles. The molecule has 0 unspecified atom stereocenters. The van der Waals surface area contributed by atoms with E-state index in [0.717, 1.165) is 43.8 Å². The Morgan fingerprint density at radius 3 is 2.32 bits per heavy atom. The van der Waals surface area contributed by atoms with Crippen LogP contribution in [-0.4, -0.2) is 50.4 Å². The van der Waals surface area contributed by atoms with Crippen molar-refractivity contribution in [3.8, 4) is 0 Å². The Kier molecular flexibility index (Phi) is 9.28. The highest BCUT2D eigenvalue weighted by Gasteiger charge is 2.70. The number of hydrogen-bond donors (Lipinski definition) is 1. The topological polar surface area (TPSA) is 66.5 Å². The maximum Gasteiger partial charge on any atom is 0.214 e. The summed E-state index contributed by atoms with van der Waals surface area (Å²) in [5, 5.41) is 3.91. The van der Waals surface area contributed by atoms with Crippen molar-refractivity contribution in [2.45, 2.75) is 119 Å². The molecule has 1 aromatic rings. The van der Waals surface area contributed by atoms with Crippen LogP contribution < -0.4 is 5.32 Å². The van der Waals surface area contributed by atoms with Gasteiger partial charge in [0.25, 0.3) is 0 Å². The van der Waals surface area contributed by atoms with Crippen molar-refractivity contribution in [2.75, 3.05) is 31.9 Å². The SMILES string of the molecule is C=C(C)[C@@H]1CC[C@]2(CNCCCN3CCCS3(=O)=O)CC[C@]3(C)[C@H](CC[C@@H]4[C@@]5(C)CC=C(c6ccc(C(C)=O)cc6)C(C)(C)[C@@H]5CC[C@]43C)[C@@H]12. The lowest BCUT2D eigenvalue weighted by atomic mass is 9.32. The zero-order valence-corrected chi connectivity index (χ0v) is 33.2. The number of benzene rings is 1. The molecule has 1 N–H and O–H groups in total. The molecular formula is C44H66N2O3S. The monoisotopic (exact) mass is 702 g/mol.